The van der Waals surface area contributed by atoms with Gasteiger partial charge in [-0.1, -0.05) is 43.2 Å². The molecule has 1 aromatic rings. The number of rotatable bonds is 1. The van der Waals surface area contributed by atoms with E-state index >= 15 is 0 Å². The van der Waals surface area contributed by atoms with Crippen molar-refractivity contribution in [1.82, 2.24) is 0 Å². The fourth-order valence-corrected chi connectivity index (χ4v) is 1.34. The summed E-state index contributed by atoms with van der Waals surface area (Å²) < 4.78 is 0. The van der Waals surface area contributed by atoms with E-state index in [4.69, 9.17) is 0 Å². The summed E-state index contributed by atoms with van der Waals surface area (Å²) in [7, 11) is 0. The molecule has 12 heavy (non-hydrogen) atoms. The molecule has 1 atom stereocenters. The highest BCUT2D eigenvalue weighted by Gasteiger charge is 1.99. The molecule has 0 spiro atoms. The van der Waals surface area contributed by atoms with Gasteiger partial charge in [0.2, 0.25) is 0 Å². The summed E-state index contributed by atoms with van der Waals surface area (Å²) in [6.45, 7) is 8.76. The number of hydrogen-bond acceptors (Lipinski definition) is 0. The first-order valence-electron chi connectivity index (χ1n) is 4.18. The van der Waals surface area contributed by atoms with Gasteiger partial charge in [0.05, 0.1) is 0 Å². The molecule has 0 N–H and O–H groups in total. The minimum atomic E-state index is 0. The zero-order valence-electron chi connectivity index (χ0n) is 8.52. The first kappa shape index (κ1) is 11.6. The second-order valence-electron chi connectivity index (χ2n) is 3.58. The zero-order chi connectivity index (χ0) is 8.43. The van der Waals surface area contributed by atoms with Crippen molar-refractivity contribution in [3.8, 4) is 0 Å². The molecular weight excluding hydrogens is 163 g/mol. The van der Waals surface area contributed by atoms with Crippen LogP contribution >= 0.6 is 9.90 Å². The van der Waals surface area contributed by atoms with E-state index in [1.54, 1.807) is 0 Å². The molecule has 1 heteroatoms. The maximum atomic E-state index is 2.26. The maximum absolute atomic E-state index is 2.26. The lowest BCUT2D eigenvalue weighted by atomic mass is 9.99. The SMILES string of the molecule is Cc1cc(C)cc(C(C)C)c1.P. The lowest BCUT2D eigenvalue weighted by Crippen LogP contribution is -1.89. The minimum Gasteiger partial charge on any atom is -0.153 e. The average molecular weight is 182 g/mol. The molecule has 1 unspecified atom stereocenters. The minimum absolute atomic E-state index is 0. The monoisotopic (exact) mass is 182 g/mol. The van der Waals surface area contributed by atoms with Crippen LogP contribution < -0.4 is 0 Å². The van der Waals surface area contributed by atoms with Gasteiger partial charge in [-0.2, -0.15) is 9.90 Å². The van der Waals surface area contributed by atoms with E-state index in [-0.39, 0.29) is 9.90 Å². The molecule has 0 amide bonds. The Morgan fingerprint density at radius 1 is 0.917 bits per heavy atom. The van der Waals surface area contributed by atoms with Crippen LogP contribution in [-0.4, -0.2) is 0 Å². The molecule has 0 saturated heterocycles. The Labute approximate surface area is 79.0 Å². The van der Waals surface area contributed by atoms with Gasteiger partial charge >= 0.3 is 0 Å². The van der Waals surface area contributed by atoms with E-state index in [0.717, 1.165) is 0 Å². The molecule has 0 radical (unpaired) electrons. The van der Waals surface area contributed by atoms with Gasteiger partial charge in [-0.05, 0) is 25.3 Å². The standard InChI is InChI=1S/C11H16.H3P/c1-8(2)11-6-9(3)5-10(4)7-11;/h5-8H,1-4H3;1H3. The van der Waals surface area contributed by atoms with Crippen LogP contribution in [0, 0.1) is 13.8 Å². The van der Waals surface area contributed by atoms with Crippen LogP contribution in [0.2, 0.25) is 0 Å². The second-order valence-corrected chi connectivity index (χ2v) is 3.58. The van der Waals surface area contributed by atoms with Crippen molar-refractivity contribution < 1.29 is 0 Å². The molecule has 0 saturated carbocycles. The molecule has 0 heterocycles. The zero-order valence-corrected chi connectivity index (χ0v) is 9.93. The number of aryl methyl sites for hydroxylation is 2. The molecule has 0 nitrogen and oxygen atoms in total. The Hall–Kier alpha value is -0.350. The van der Waals surface area contributed by atoms with Crippen LogP contribution in [0.3, 0.4) is 0 Å². The van der Waals surface area contributed by atoms with Gasteiger partial charge in [-0.25, -0.2) is 0 Å². The highest BCUT2D eigenvalue weighted by Crippen LogP contribution is 2.17. The Bertz CT molecular complexity index is 231. The molecule has 0 aliphatic heterocycles. The molecule has 1 aromatic carbocycles. The van der Waals surface area contributed by atoms with Crippen LogP contribution in [-0.2, 0) is 0 Å². The summed E-state index contributed by atoms with van der Waals surface area (Å²) in [4.78, 5) is 0. The van der Waals surface area contributed by atoms with E-state index in [1.807, 2.05) is 0 Å². The van der Waals surface area contributed by atoms with Crippen molar-refractivity contribution in [2.45, 2.75) is 33.6 Å². The molecule has 1 rings (SSSR count). The molecule has 0 aliphatic carbocycles. The molecule has 0 fully saturated rings. The summed E-state index contributed by atoms with van der Waals surface area (Å²) in [6.07, 6.45) is 0. The molecule has 0 bridgehead atoms. The summed E-state index contributed by atoms with van der Waals surface area (Å²) in [5.74, 6) is 0.647. The van der Waals surface area contributed by atoms with Gasteiger partial charge in [0.15, 0.2) is 0 Å². The van der Waals surface area contributed by atoms with Crippen molar-refractivity contribution >= 4 is 9.90 Å². The third-order valence-corrected chi connectivity index (χ3v) is 1.91. The molecule has 0 aliphatic rings. The van der Waals surface area contributed by atoms with Crippen molar-refractivity contribution in [3.63, 3.8) is 0 Å². The predicted molar refractivity (Wildman–Crippen MR) is 61.1 cm³/mol. The smallest absolute Gasteiger partial charge is 0.0219 e. The Balaban J connectivity index is 0.00000121. The van der Waals surface area contributed by atoms with Crippen LogP contribution in [0.25, 0.3) is 0 Å². The van der Waals surface area contributed by atoms with Crippen molar-refractivity contribution in [1.29, 1.82) is 0 Å². The van der Waals surface area contributed by atoms with E-state index in [2.05, 4.69) is 45.9 Å². The van der Waals surface area contributed by atoms with Crippen LogP contribution in [0.15, 0.2) is 18.2 Å². The average Bonchev–Trinajstić information content (AvgIpc) is 1.85. The normalized spacial score (nSPS) is 9.75. The largest absolute Gasteiger partial charge is 0.153 e. The van der Waals surface area contributed by atoms with E-state index in [0.29, 0.717) is 5.92 Å². The number of hydrogen-bond donors (Lipinski definition) is 0. The van der Waals surface area contributed by atoms with Crippen LogP contribution in [0.4, 0.5) is 0 Å². The predicted octanol–water partition coefficient (Wildman–Crippen LogP) is 3.48. The number of benzene rings is 1. The summed E-state index contributed by atoms with van der Waals surface area (Å²) in [5.41, 5.74) is 4.19. The topological polar surface area (TPSA) is 0 Å². The van der Waals surface area contributed by atoms with E-state index in [1.165, 1.54) is 16.7 Å². The Kier molecular flexibility index (Phi) is 4.49. The quantitative estimate of drug-likeness (QED) is 0.583. The summed E-state index contributed by atoms with van der Waals surface area (Å²) >= 11 is 0. The fraction of sp³-hybridized carbons (Fsp3) is 0.455. The Morgan fingerprint density at radius 3 is 1.67 bits per heavy atom. The highest BCUT2D eigenvalue weighted by atomic mass is 31.0. The van der Waals surface area contributed by atoms with Gasteiger partial charge in [0.25, 0.3) is 0 Å². The van der Waals surface area contributed by atoms with Gasteiger partial charge < -0.3 is 0 Å². The summed E-state index contributed by atoms with van der Waals surface area (Å²) in [6, 6.07) is 6.74. The van der Waals surface area contributed by atoms with E-state index < -0.39 is 0 Å². The van der Waals surface area contributed by atoms with Crippen LogP contribution in [0.5, 0.6) is 0 Å². The van der Waals surface area contributed by atoms with Crippen molar-refractivity contribution in [2.75, 3.05) is 0 Å². The first-order valence-corrected chi connectivity index (χ1v) is 4.18. The molecule has 68 valence electrons. The highest BCUT2D eigenvalue weighted by molar-refractivity contribution is 6.92. The summed E-state index contributed by atoms with van der Waals surface area (Å²) in [5, 5.41) is 0. The van der Waals surface area contributed by atoms with Crippen molar-refractivity contribution in [3.05, 3.63) is 34.9 Å². The van der Waals surface area contributed by atoms with Crippen LogP contribution in [0.1, 0.15) is 36.5 Å². The Morgan fingerprint density at radius 2 is 1.33 bits per heavy atom. The third kappa shape index (κ3) is 2.95. The maximum Gasteiger partial charge on any atom is -0.0219 e. The van der Waals surface area contributed by atoms with Gasteiger partial charge in [-0.3, -0.25) is 0 Å². The molecular formula is C11H19P. The van der Waals surface area contributed by atoms with Gasteiger partial charge in [-0.15, -0.1) is 0 Å². The first-order chi connectivity index (χ1) is 5.09. The van der Waals surface area contributed by atoms with Gasteiger partial charge in [0, 0.05) is 0 Å². The molecule has 0 aromatic heterocycles. The lowest BCUT2D eigenvalue weighted by molar-refractivity contribution is 0.863. The van der Waals surface area contributed by atoms with Gasteiger partial charge in [0.1, 0.15) is 0 Å². The fourth-order valence-electron chi connectivity index (χ4n) is 1.34. The van der Waals surface area contributed by atoms with Crippen molar-refractivity contribution in [2.24, 2.45) is 0 Å². The lowest BCUT2D eigenvalue weighted by Gasteiger charge is -2.07. The second kappa shape index (κ2) is 4.62. The third-order valence-electron chi connectivity index (χ3n) is 1.91. The van der Waals surface area contributed by atoms with E-state index in [9.17, 15) is 0 Å².